The maximum atomic E-state index is 10.5. The number of carboxylic acid groups (broad SMARTS) is 1. The molecule has 14 heavy (non-hydrogen) atoms. The van der Waals surface area contributed by atoms with Gasteiger partial charge in [0.05, 0.1) is 11.8 Å². The molecule has 0 amide bonds. The maximum absolute atomic E-state index is 10.5. The normalized spacial score (nSPS) is 10.4. The lowest BCUT2D eigenvalue weighted by Crippen LogP contribution is -1.94. The first kappa shape index (κ1) is 8.49. The molecule has 2 rings (SSSR count). The first-order chi connectivity index (χ1) is 6.68. The van der Waals surface area contributed by atoms with Gasteiger partial charge in [0.1, 0.15) is 5.76 Å². The van der Waals surface area contributed by atoms with E-state index in [0.29, 0.717) is 17.1 Å². The second-order valence-electron chi connectivity index (χ2n) is 2.68. The van der Waals surface area contributed by atoms with Crippen LogP contribution in [0.2, 0.25) is 0 Å². The van der Waals surface area contributed by atoms with Gasteiger partial charge in [-0.05, 0) is 6.92 Å². The minimum absolute atomic E-state index is 0.138. The van der Waals surface area contributed by atoms with Crippen molar-refractivity contribution in [3.63, 3.8) is 0 Å². The molecule has 2 aromatic rings. The molecule has 6 heteroatoms. The van der Waals surface area contributed by atoms with Crippen LogP contribution in [0.5, 0.6) is 0 Å². The largest absolute Gasteiger partial charge is 0.476 e. The number of aromatic carboxylic acids is 1. The first-order valence-corrected chi connectivity index (χ1v) is 3.80. The molecule has 2 aromatic heterocycles. The topological polar surface area (TPSA) is 89.4 Å². The summed E-state index contributed by atoms with van der Waals surface area (Å²) < 4.78 is 9.62. The molecule has 2 heterocycles. The number of rotatable bonds is 2. The van der Waals surface area contributed by atoms with E-state index in [1.54, 1.807) is 6.92 Å². The summed E-state index contributed by atoms with van der Waals surface area (Å²) in [6, 6.07) is 1.32. The van der Waals surface area contributed by atoms with Crippen LogP contribution in [0.1, 0.15) is 16.2 Å². The quantitative estimate of drug-likeness (QED) is 0.775. The van der Waals surface area contributed by atoms with Crippen LogP contribution in [0.4, 0.5) is 0 Å². The van der Waals surface area contributed by atoms with E-state index in [1.807, 2.05) is 0 Å². The molecular formula is C8H6N2O4. The van der Waals surface area contributed by atoms with Crippen molar-refractivity contribution in [2.45, 2.75) is 6.92 Å². The van der Waals surface area contributed by atoms with E-state index < -0.39 is 5.97 Å². The molecule has 72 valence electrons. The van der Waals surface area contributed by atoms with Gasteiger partial charge in [-0.3, -0.25) is 0 Å². The molecule has 0 saturated carbocycles. The molecule has 0 fully saturated rings. The van der Waals surface area contributed by atoms with Gasteiger partial charge in [0.15, 0.2) is 11.5 Å². The molecule has 0 aliphatic heterocycles. The summed E-state index contributed by atoms with van der Waals surface area (Å²) in [5.41, 5.74) is 0.464. The molecule has 0 saturated heterocycles. The number of carbonyl (C=O) groups is 1. The van der Waals surface area contributed by atoms with Crippen molar-refractivity contribution in [2.24, 2.45) is 0 Å². The van der Waals surface area contributed by atoms with Crippen LogP contribution in [0.25, 0.3) is 11.3 Å². The zero-order valence-electron chi connectivity index (χ0n) is 7.22. The summed E-state index contributed by atoms with van der Waals surface area (Å²) in [5, 5.41) is 15.5. The second-order valence-corrected chi connectivity index (χ2v) is 2.68. The lowest BCUT2D eigenvalue weighted by atomic mass is 10.2. The molecule has 0 spiro atoms. The average molecular weight is 194 g/mol. The highest BCUT2D eigenvalue weighted by Crippen LogP contribution is 2.23. The van der Waals surface area contributed by atoms with E-state index in [-0.39, 0.29) is 5.69 Å². The predicted molar refractivity (Wildman–Crippen MR) is 43.7 cm³/mol. The van der Waals surface area contributed by atoms with E-state index in [1.165, 1.54) is 12.3 Å². The molecule has 6 nitrogen and oxygen atoms in total. The Bertz CT molecular complexity index is 471. The van der Waals surface area contributed by atoms with Gasteiger partial charge in [-0.2, -0.15) is 0 Å². The lowest BCUT2D eigenvalue weighted by molar-refractivity contribution is 0.0686. The van der Waals surface area contributed by atoms with Crippen molar-refractivity contribution in [3.05, 3.63) is 23.7 Å². The molecule has 0 aliphatic rings. The third-order valence-electron chi connectivity index (χ3n) is 1.75. The van der Waals surface area contributed by atoms with Crippen molar-refractivity contribution in [3.8, 4) is 11.3 Å². The van der Waals surface area contributed by atoms with E-state index >= 15 is 0 Å². The SMILES string of the molecule is Cc1oncc1-c1cc(C(=O)O)no1. The van der Waals surface area contributed by atoms with Crippen molar-refractivity contribution >= 4 is 5.97 Å². The number of hydrogen-bond donors (Lipinski definition) is 1. The Morgan fingerprint density at radius 1 is 1.50 bits per heavy atom. The van der Waals surface area contributed by atoms with Gasteiger partial charge >= 0.3 is 5.97 Å². The van der Waals surface area contributed by atoms with Gasteiger partial charge in [0.25, 0.3) is 0 Å². The highest BCUT2D eigenvalue weighted by molar-refractivity contribution is 5.86. The standard InChI is InChI=1S/C8H6N2O4/c1-4-5(3-9-13-4)7-2-6(8(11)12)10-14-7/h2-3H,1H3,(H,11,12). The van der Waals surface area contributed by atoms with Gasteiger partial charge in [-0.1, -0.05) is 10.3 Å². The number of carboxylic acids is 1. The van der Waals surface area contributed by atoms with Gasteiger partial charge in [0.2, 0.25) is 0 Å². The van der Waals surface area contributed by atoms with E-state index in [4.69, 9.17) is 14.2 Å². The van der Waals surface area contributed by atoms with Crippen molar-refractivity contribution < 1.29 is 18.9 Å². The summed E-state index contributed by atoms with van der Waals surface area (Å²) >= 11 is 0. The fourth-order valence-electron chi connectivity index (χ4n) is 1.04. The van der Waals surface area contributed by atoms with Crippen LogP contribution in [0.15, 0.2) is 21.3 Å². The monoisotopic (exact) mass is 194 g/mol. The summed E-state index contributed by atoms with van der Waals surface area (Å²) in [6.07, 6.45) is 1.45. The van der Waals surface area contributed by atoms with Crippen LogP contribution < -0.4 is 0 Å². The third kappa shape index (κ3) is 1.26. The van der Waals surface area contributed by atoms with Crippen LogP contribution in [0, 0.1) is 6.92 Å². The number of aryl methyl sites for hydroxylation is 1. The molecule has 1 N–H and O–H groups in total. The van der Waals surface area contributed by atoms with Crippen molar-refractivity contribution in [1.82, 2.24) is 10.3 Å². The minimum atomic E-state index is -1.13. The Morgan fingerprint density at radius 3 is 2.79 bits per heavy atom. The van der Waals surface area contributed by atoms with Gasteiger partial charge in [-0.15, -0.1) is 0 Å². The molecule has 0 aliphatic carbocycles. The smallest absolute Gasteiger partial charge is 0.358 e. The fraction of sp³-hybridized carbons (Fsp3) is 0.125. The number of nitrogens with zero attached hydrogens (tertiary/aromatic N) is 2. The maximum Gasteiger partial charge on any atom is 0.358 e. The Morgan fingerprint density at radius 2 is 2.29 bits per heavy atom. The summed E-state index contributed by atoms with van der Waals surface area (Å²) in [7, 11) is 0. The average Bonchev–Trinajstić information content (AvgIpc) is 2.71. The highest BCUT2D eigenvalue weighted by Gasteiger charge is 2.15. The van der Waals surface area contributed by atoms with E-state index in [0.717, 1.165) is 0 Å². The molecule has 0 bridgehead atoms. The minimum Gasteiger partial charge on any atom is -0.476 e. The first-order valence-electron chi connectivity index (χ1n) is 3.80. The van der Waals surface area contributed by atoms with Crippen LogP contribution in [-0.4, -0.2) is 21.4 Å². The number of hydrogen-bond acceptors (Lipinski definition) is 5. The zero-order valence-corrected chi connectivity index (χ0v) is 7.22. The Balaban J connectivity index is 2.43. The fourth-order valence-corrected chi connectivity index (χ4v) is 1.04. The van der Waals surface area contributed by atoms with Crippen LogP contribution in [0.3, 0.4) is 0 Å². The second kappa shape index (κ2) is 2.99. The van der Waals surface area contributed by atoms with Gasteiger partial charge < -0.3 is 14.2 Å². The van der Waals surface area contributed by atoms with E-state index in [9.17, 15) is 4.79 Å². The zero-order chi connectivity index (χ0) is 10.1. The molecule has 0 unspecified atom stereocenters. The lowest BCUT2D eigenvalue weighted by Gasteiger charge is -1.86. The Kier molecular flexibility index (Phi) is 1.81. The number of aromatic nitrogens is 2. The summed E-state index contributed by atoms with van der Waals surface area (Å²) in [4.78, 5) is 10.5. The molecule has 0 aromatic carbocycles. The third-order valence-corrected chi connectivity index (χ3v) is 1.75. The predicted octanol–water partition coefficient (Wildman–Crippen LogP) is 1.34. The molecule has 0 radical (unpaired) electrons. The van der Waals surface area contributed by atoms with Gasteiger partial charge in [-0.25, -0.2) is 4.79 Å². The summed E-state index contributed by atoms with van der Waals surface area (Å²) in [5.74, 6) is -0.242. The van der Waals surface area contributed by atoms with Crippen LogP contribution >= 0.6 is 0 Å². The van der Waals surface area contributed by atoms with Crippen LogP contribution in [-0.2, 0) is 0 Å². The Labute approximate surface area is 78.1 Å². The molecule has 0 atom stereocenters. The van der Waals surface area contributed by atoms with Crippen molar-refractivity contribution in [1.29, 1.82) is 0 Å². The molecular weight excluding hydrogens is 188 g/mol. The van der Waals surface area contributed by atoms with E-state index in [2.05, 4.69) is 10.3 Å². The van der Waals surface area contributed by atoms with Crippen molar-refractivity contribution in [2.75, 3.05) is 0 Å². The Hall–Kier alpha value is -2.11. The summed E-state index contributed by atoms with van der Waals surface area (Å²) in [6.45, 7) is 1.70. The highest BCUT2D eigenvalue weighted by atomic mass is 16.5. The van der Waals surface area contributed by atoms with Gasteiger partial charge in [0, 0.05) is 6.07 Å².